The first-order valence-electron chi connectivity index (χ1n) is 7.63. The number of esters is 1. The Balaban J connectivity index is 1.69. The van der Waals surface area contributed by atoms with Crippen LogP contribution in [0.5, 0.6) is 0 Å². The van der Waals surface area contributed by atoms with Crippen molar-refractivity contribution in [3.8, 4) is 0 Å². The number of nitrogens with zero attached hydrogens (tertiary/aromatic N) is 3. The summed E-state index contributed by atoms with van der Waals surface area (Å²) < 4.78 is 4.60. The zero-order valence-corrected chi connectivity index (χ0v) is 14.0. The lowest BCUT2D eigenvalue weighted by molar-refractivity contribution is 0.0591. The molecule has 24 heavy (non-hydrogen) atoms. The van der Waals surface area contributed by atoms with E-state index in [0.717, 1.165) is 5.56 Å². The highest BCUT2D eigenvalue weighted by atomic mass is 35.5. The highest BCUT2D eigenvalue weighted by Crippen LogP contribution is 2.29. The van der Waals surface area contributed by atoms with E-state index in [1.165, 1.54) is 7.11 Å². The lowest BCUT2D eigenvalue weighted by Crippen LogP contribution is -2.35. The number of aliphatic hydroxyl groups is 1. The molecule has 7 heteroatoms. The van der Waals surface area contributed by atoms with Crippen molar-refractivity contribution >= 4 is 23.4 Å². The van der Waals surface area contributed by atoms with Gasteiger partial charge in [-0.05, 0) is 36.2 Å². The SMILES string of the molecule is COC(=O)c1ccc(N2CCC(O)(Cc3cccc(Cl)c3)C2)nn1. The number of aromatic nitrogens is 2. The van der Waals surface area contributed by atoms with E-state index in [-0.39, 0.29) is 5.69 Å². The number of ether oxygens (including phenoxy) is 1. The minimum atomic E-state index is -0.840. The van der Waals surface area contributed by atoms with Gasteiger partial charge < -0.3 is 14.7 Å². The molecule has 0 radical (unpaired) electrons. The molecule has 0 aliphatic carbocycles. The predicted molar refractivity (Wildman–Crippen MR) is 90.3 cm³/mol. The Kier molecular flexibility index (Phi) is 4.69. The first-order valence-corrected chi connectivity index (χ1v) is 8.01. The Labute approximate surface area is 145 Å². The van der Waals surface area contributed by atoms with Crippen LogP contribution in [0.2, 0.25) is 5.02 Å². The minimum absolute atomic E-state index is 0.162. The van der Waals surface area contributed by atoms with Gasteiger partial charge in [0.25, 0.3) is 0 Å². The quantitative estimate of drug-likeness (QED) is 0.854. The van der Waals surface area contributed by atoms with E-state index in [4.69, 9.17) is 11.6 Å². The number of hydrogen-bond donors (Lipinski definition) is 1. The van der Waals surface area contributed by atoms with E-state index in [0.29, 0.717) is 36.8 Å². The number of methoxy groups -OCH3 is 1. The molecule has 1 fully saturated rings. The van der Waals surface area contributed by atoms with Crippen LogP contribution < -0.4 is 4.90 Å². The molecule has 2 heterocycles. The lowest BCUT2D eigenvalue weighted by atomic mass is 9.94. The van der Waals surface area contributed by atoms with E-state index >= 15 is 0 Å². The van der Waals surface area contributed by atoms with Crippen LogP contribution in [0.3, 0.4) is 0 Å². The van der Waals surface area contributed by atoms with Crippen molar-refractivity contribution in [1.82, 2.24) is 10.2 Å². The average molecular weight is 348 g/mol. The standard InChI is InChI=1S/C17H18ClN3O3/c1-24-16(22)14-5-6-15(20-19-14)21-8-7-17(23,11-21)10-12-3-2-4-13(18)9-12/h2-6,9,23H,7-8,10-11H2,1H3. The monoisotopic (exact) mass is 347 g/mol. The molecule has 1 aromatic carbocycles. The van der Waals surface area contributed by atoms with Gasteiger partial charge in [-0.25, -0.2) is 4.79 Å². The second-order valence-corrected chi connectivity index (χ2v) is 6.41. The Morgan fingerprint density at radius 2 is 2.21 bits per heavy atom. The van der Waals surface area contributed by atoms with Gasteiger partial charge in [0.1, 0.15) is 0 Å². The fraction of sp³-hybridized carbons (Fsp3) is 0.353. The van der Waals surface area contributed by atoms with Crippen molar-refractivity contribution in [2.75, 3.05) is 25.1 Å². The number of halogens is 1. The van der Waals surface area contributed by atoms with Crippen LogP contribution in [0.1, 0.15) is 22.5 Å². The predicted octanol–water partition coefficient (Wildman–Crippen LogP) is 2.10. The molecule has 3 rings (SSSR count). The number of anilines is 1. The Morgan fingerprint density at radius 3 is 2.88 bits per heavy atom. The number of benzene rings is 1. The van der Waals surface area contributed by atoms with Crippen LogP contribution in [0, 0.1) is 0 Å². The van der Waals surface area contributed by atoms with Gasteiger partial charge in [0.05, 0.1) is 12.7 Å². The molecule has 1 saturated heterocycles. The summed E-state index contributed by atoms with van der Waals surface area (Å²) in [6, 6.07) is 10.8. The Morgan fingerprint density at radius 1 is 1.38 bits per heavy atom. The number of carbonyl (C=O) groups is 1. The molecule has 1 unspecified atom stereocenters. The highest BCUT2D eigenvalue weighted by molar-refractivity contribution is 6.30. The second-order valence-electron chi connectivity index (χ2n) is 5.97. The molecule has 0 bridgehead atoms. The highest BCUT2D eigenvalue weighted by Gasteiger charge is 2.37. The fourth-order valence-electron chi connectivity index (χ4n) is 2.93. The molecular weight excluding hydrogens is 330 g/mol. The van der Waals surface area contributed by atoms with E-state index in [1.54, 1.807) is 12.1 Å². The third kappa shape index (κ3) is 3.66. The number of β-amino-alcohol motifs (C(OH)–C–C–N with tert-alkyl or cyclic N) is 1. The largest absolute Gasteiger partial charge is 0.464 e. The van der Waals surface area contributed by atoms with Gasteiger partial charge in [0.2, 0.25) is 0 Å². The summed E-state index contributed by atoms with van der Waals surface area (Å²) >= 11 is 6.00. The van der Waals surface area contributed by atoms with Gasteiger partial charge in [-0.3, -0.25) is 0 Å². The van der Waals surface area contributed by atoms with E-state index in [2.05, 4.69) is 14.9 Å². The van der Waals surface area contributed by atoms with Crippen LogP contribution in [0.25, 0.3) is 0 Å². The van der Waals surface area contributed by atoms with Gasteiger partial charge in [-0.1, -0.05) is 23.7 Å². The molecule has 1 N–H and O–H groups in total. The maximum atomic E-state index is 11.4. The maximum Gasteiger partial charge on any atom is 0.358 e. The molecule has 126 valence electrons. The molecular formula is C17H18ClN3O3. The van der Waals surface area contributed by atoms with E-state index in [1.807, 2.05) is 29.2 Å². The third-order valence-electron chi connectivity index (χ3n) is 4.12. The second kappa shape index (κ2) is 6.75. The Hall–Kier alpha value is -2.18. The minimum Gasteiger partial charge on any atom is -0.464 e. The molecule has 2 aromatic rings. The summed E-state index contributed by atoms with van der Waals surface area (Å²) in [6.07, 6.45) is 1.15. The molecule has 0 amide bonds. The summed E-state index contributed by atoms with van der Waals surface area (Å²) in [5.74, 6) is 0.109. The molecule has 1 atom stereocenters. The normalized spacial score (nSPS) is 20.2. The first kappa shape index (κ1) is 16.7. The summed E-state index contributed by atoms with van der Waals surface area (Å²) in [5, 5.41) is 19.4. The van der Waals surface area contributed by atoms with Crippen LogP contribution in [-0.2, 0) is 11.2 Å². The van der Waals surface area contributed by atoms with Crippen molar-refractivity contribution in [1.29, 1.82) is 0 Å². The maximum absolute atomic E-state index is 11.4. The van der Waals surface area contributed by atoms with Crippen LogP contribution in [0.4, 0.5) is 5.82 Å². The number of rotatable bonds is 4. The first-order chi connectivity index (χ1) is 11.5. The van der Waals surface area contributed by atoms with Crippen molar-refractivity contribution in [2.45, 2.75) is 18.4 Å². The topological polar surface area (TPSA) is 75.5 Å². The summed E-state index contributed by atoms with van der Waals surface area (Å²) in [6.45, 7) is 1.12. The molecule has 0 spiro atoms. The molecule has 0 saturated carbocycles. The van der Waals surface area contributed by atoms with Crippen LogP contribution in [0.15, 0.2) is 36.4 Å². The zero-order chi connectivity index (χ0) is 17.2. The van der Waals surface area contributed by atoms with Crippen molar-refractivity contribution in [3.63, 3.8) is 0 Å². The smallest absolute Gasteiger partial charge is 0.358 e. The summed E-state index contributed by atoms with van der Waals surface area (Å²) in [7, 11) is 1.30. The third-order valence-corrected chi connectivity index (χ3v) is 4.36. The number of hydrogen-bond acceptors (Lipinski definition) is 6. The summed E-state index contributed by atoms with van der Waals surface area (Å²) in [4.78, 5) is 13.3. The fourth-order valence-corrected chi connectivity index (χ4v) is 3.14. The molecule has 1 aliphatic rings. The van der Waals surface area contributed by atoms with Crippen molar-refractivity contribution in [2.24, 2.45) is 0 Å². The van der Waals surface area contributed by atoms with Crippen molar-refractivity contribution in [3.05, 3.63) is 52.7 Å². The van der Waals surface area contributed by atoms with E-state index in [9.17, 15) is 9.90 Å². The van der Waals surface area contributed by atoms with Crippen LogP contribution >= 0.6 is 11.6 Å². The molecule has 6 nitrogen and oxygen atoms in total. The zero-order valence-electron chi connectivity index (χ0n) is 13.3. The van der Waals surface area contributed by atoms with Gasteiger partial charge in [-0.15, -0.1) is 10.2 Å². The lowest BCUT2D eigenvalue weighted by Gasteiger charge is -2.24. The van der Waals surface area contributed by atoms with Gasteiger partial charge >= 0.3 is 5.97 Å². The van der Waals surface area contributed by atoms with Gasteiger partial charge in [0, 0.05) is 24.5 Å². The average Bonchev–Trinajstić information content (AvgIpc) is 2.96. The van der Waals surface area contributed by atoms with Gasteiger partial charge in [-0.2, -0.15) is 0 Å². The number of carbonyl (C=O) groups excluding carboxylic acids is 1. The summed E-state index contributed by atoms with van der Waals surface area (Å²) in [5.41, 5.74) is 0.321. The molecule has 1 aromatic heterocycles. The Bertz CT molecular complexity index is 738. The van der Waals surface area contributed by atoms with E-state index < -0.39 is 11.6 Å². The van der Waals surface area contributed by atoms with Gasteiger partial charge in [0.15, 0.2) is 11.5 Å². The van der Waals surface area contributed by atoms with Crippen LogP contribution in [-0.4, -0.2) is 47.1 Å². The molecule has 1 aliphatic heterocycles. The van der Waals surface area contributed by atoms with Crippen molar-refractivity contribution < 1.29 is 14.6 Å².